The van der Waals surface area contributed by atoms with Gasteiger partial charge in [0.15, 0.2) is 18.9 Å². The number of aliphatic hydroxyl groups excluding tert-OH is 13. The van der Waals surface area contributed by atoms with Gasteiger partial charge in [-0.3, -0.25) is 0 Å². The Morgan fingerprint density at radius 2 is 0.507 bits per heavy atom. The fraction of sp³-hybridized carbons (Fsp3) is 1.00. The lowest BCUT2D eigenvalue weighted by atomic mass is 9.91. The molecule has 28 nitrogen and oxygen atoms in total. The van der Waals surface area contributed by atoms with E-state index in [0.29, 0.717) is 50.8 Å². The summed E-state index contributed by atoms with van der Waals surface area (Å²) in [4.78, 5) is 0. The lowest BCUT2D eigenvalue weighted by Gasteiger charge is -2.39. The maximum atomic E-state index is 10.6. The van der Waals surface area contributed by atoms with Gasteiger partial charge in [-0.15, -0.1) is 0 Å². The van der Waals surface area contributed by atoms with Gasteiger partial charge in [0.25, 0.3) is 0 Å². The molecule has 0 aromatic carbocycles. The molecular weight excluding hydrogens is 1820 g/mol. The minimum atomic E-state index is -1.61. The molecule has 0 aromatic heterocycles. The van der Waals surface area contributed by atoms with E-state index >= 15 is 0 Å². The van der Waals surface area contributed by atoms with Crippen LogP contribution >= 0.6 is 0 Å². The first-order chi connectivity index (χ1) is 68.7. The van der Waals surface area contributed by atoms with Gasteiger partial charge < -0.3 is 137 Å². The first-order valence-electron chi connectivity index (χ1n) is 58.4. The van der Waals surface area contributed by atoms with Crippen LogP contribution in [0.3, 0.4) is 0 Å². The molecule has 0 radical (unpaired) electrons. The lowest BCUT2D eigenvalue weighted by Crippen LogP contribution is -2.59. The number of aliphatic hydroxyl groups is 13. The van der Waals surface area contributed by atoms with Crippen LogP contribution in [-0.4, -0.2) is 316 Å². The first kappa shape index (κ1) is 133. The zero-order valence-electron chi connectivity index (χ0n) is 91.8. The van der Waals surface area contributed by atoms with Crippen molar-refractivity contribution in [2.75, 3.05) is 146 Å². The molecule has 0 aromatic rings. The van der Waals surface area contributed by atoms with Crippen molar-refractivity contribution in [3.63, 3.8) is 0 Å². The van der Waals surface area contributed by atoms with Gasteiger partial charge in [-0.1, -0.05) is 365 Å². The largest absolute Gasteiger partial charge is 0.394 e. The van der Waals surface area contributed by atoms with Gasteiger partial charge in [0.2, 0.25) is 0 Å². The standard InChI is InChI=1S/C114H222O28/c1-87(2)46-37-48-89(5)50-39-52-91(7)54-41-56-93(9)62-72-135-97(75-115)79-128-64-35-31-27-23-19-15-11-13-17-21-25-29-33-58-95-60-61-96(74-95)59-34-30-26-22-18-14-12-16-20-24-28-32-36-65-129-80-98(136-73-63-94(10)57-42-55-92(8)53-40-51-90(6)49-38-47-88(3)4)81-133-86-134-85-114(82-130-66-43-69-137-111-108(125)105(122)102(119)99(76-116)140-111,83-131-67-44-70-138-112-109(126)106(123)103(120)100(77-117)141-112)84-132-68-45-71-139-113-110(127)107(124)104(121)101(78-118)142-113/h87-113,115-127H,11-86H2,1-10H3/t89-,90-,91-,92-,93?,94?,95+,96-,97-,98+,99-,100-,101-,102-,103-,104-,105+,106+,107+,108+,109+,110+,111-,112+,113+/m1/s1. The molecule has 3 heterocycles. The zero-order chi connectivity index (χ0) is 103. The highest BCUT2D eigenvalue weighted by Crippen LogP contribution is 2.38. The van der Waals surface area contributed by atoms with E-state index in [1.165, 1.54) is 289 Å². The second-order valence-electron chi connectivity index (χ2n) is 45.5. The van der Waals surface area contributed by atoms with E-state index in [-0.39, 0.29) is 118 Å². The average Bonchev–Trinajstić information content (AvgIpc) is 0.885. The molecular formula is C114H222O28. The van der Waals surface area contributed by atoms with Crippen molar-refractivity contribution >= 4 is 0 Å². The molecule has 28 heteroatoms. The number of hydrogen-bond donors (Lipinski definition) is 13. The normalized spacial score (nSPS) is 25.4. The predicted molar refractivity (Wildman–Crippen MR) is 560 cm³/mol. The van der Waals surface area contributed by atoms with Crippen molar-refractivity contribution in [1.82, 2.24) is 0 Å². The van der Waals surface area contributed by atoms with Gasteiger partial charge >= 0.3 is 0 Å². The van der Waals surface area contributed by atoms with E-state index in [9.17, 15) is 66.4 Å². The molecule has 3 saturated heterocycles. The molecule has 846 valence electrons. The minimum Gasteiger partial charge on any atom is -0.394 e. The van der Waals surface area contributed by atoms with Crippen molar-refractivity contribution in [2.45, 2.75) is 520 Å². The van der Waals surface area contributed by atoms with Crippen molar-refractivity contribution in [1.29, 1.82) is 0 Å². The predicted octanol–water partition coefficient (Wildman–Crippen LogP) is 18.7. The number of ether oxygens (including phenoxy) is 15. The summed E-state index contributed by atoms with van der Waals surface area (Å²) < 4.78 is 90.4. The van der Waals surface area contributed by atoms with Crippen LogP contribution < -0.4 is 0 Å². The Kier molecular flexibility index (Phi) is 80.9. The van der Waals surface area contributed by atoms with Crippen LogP contribution in [0.25, 0.3) is 0 Å². The maximum Gasteiger partial charge on any atom is 0.186 e. The lowest BCUT2D eigenvalue weighted by molar-refractivity contribution is -0.301. The molecule has 142 heavy (non-hydrogen) atoms. The van der Waals surface area contributed by atoms with E-state index < -0.39 is 117 Å². The molecule has 1 saturated carbocycles. The molecule has 0 bridgehead atoms. The molecule has 4 fully saturated rings. The molecule has 1 aliphatic carbocycles. The van der Waals surface area contributed by atoms with Gasteiger partial charge in [0, 0.05) is 46.2 Å². The van der Waals surface area contributed by atoms with Crippen LogP contribution in [0.2, 0.25) is 0 Å². The highest BCUT2D eigenvalue weighted by atomic mass is 16.7. The quantitative estimate of drug-likeness (QED) is 0.0199. The molecule has 4 aliphatic rings. The number of unbranched alkanes of at least 4 members (excludes halogenated alkanes) is 24. The highest BCUT2D eigenvalue weighted by Gasteiger charge is 2.47. The van der Waals surface area contributed by atoms with Gasteiger partial charge in [-0.25, -0.2) is 0 Å². The van der Waals surface area contributed by atoms with Crippen LogP contribution in [0.5, 0.6) is 0 Å². The zero-order valence-corrected chi connectivity index (χ0v) is 91.8. The second-order valence-corrected chi connectivity index (χ2v) is 45.5. The molecule has 0 spiro atoms. The Morgan fingerprint density at radius 1 is 0.246 bits per heavy atom. The Hall–Kier alpha value is -1.12. The van der Waals surface area contributed by atoms with Crippen LogP contribution in [0.1, 0.15) is 416 Å². The minimum absolute atomic E-state index is 0.000489. The smallest absolute Gasteiger partial charge is 0.186 e. The summed E-state index contributed by atoms with van der Waals surface area (Å²) in [6.45, 7) is 25.8. The number of hydrogen-bond acceptors (Lipinski definition) is 28. The van der Waals surface area contributed by atoms with Crippen molar-refractivity contribution in [2.24, 2.45) is 64.6 Å². The fourth-order valence-electron chi connectivity index (χ4n) is 20.6. The van der Waals surface area contributed by atoms with Crippen LogP contribution in [0, 0.1) is 64.6 Å². The van der Waals surface area contributed by atoms with Gasteiger partial charge in [-0.2, -0.15) is 0 Å². The summed E-state index contributed by atoms with van der Waals surface area (Å²) in [5, 5.41) is 133. The van der Waals surface area contributed by atoms with E-state index in [1.54, 1.807) is 0 Å². The summed E-state index contributed by atoms with van der Waals surface area (Å²) in [5.74, 6) is 7.89. The van der Waals surface area contributed by atoms with Crippen LogP contribution in [0.4, 0.5) is 0 Å². The molecule has 0 amide bonds. The maximum absolute atomic E-state index is 10.6. The number of rotatable bonds is 99. The Labute approximate surface area is 863 Å². The van der Waals surface area contributed by atoms with Crippen molar-refractivity contribution in [3.8, 4) is 0 Å². The monoisotopic (exact) mass is 2040 g/mol. The molecule has 25 atom stereocenters. The van der Waals surface area contributed by atoms with E-state index in [2.05, 4.69) is 69.2 Å². The van der Waals surface area contributed by atoms with Crippen molar-refractivity contribution in [3.05, 3.63) is 0 Å². The van der Waals surface area contributed by atoms with Crippen LogP contribution in [-0.2, 0) is 71.1 Å². The van der Waals surface area contributed by atoms with E-state index in [4.69, 9.17) is 71.1 Å². The SMILES string of the molecule is CC(C)CCC[C@@H](C)CCC[C@@H](C)CCCC(C)CCO[C@@H](COCCCCCCCCCCCCCCC[C@@H]1CC[C@H](CCCCCCCCCCCCCCCOC[C@@H](CO)OCCC(C)CCC[C@H](C)CCC[C@H](C)CCCC(C)C)C1)COCOCC(COCCCO[C@@H]1O[C@H](CO)[C@@H](O)[C@H](O)[C@@H]1O)(COCCCO[C@H]1O[C@H](CO)[C@@H](O)[C@H](O)[C@@H]1O)COCCCO[C@H]1O[C@H](CO)[C@@H](O)[C@H](O)[C@@H]1O. The Morgan fingerprint density at radius 3 is 0.810 bits per heavy atom. The third-order valence-corrected chi connectivity index (χ3v) is 30.5. The van der Waals surface area contributed by atoms with Gasteiger partial charge in [0.05, 0.1) is 97.9 Å². The third-order valence-electron chi connectivity index (χ3n) is 30.5. The highest BCUT2D eigenvalue weighted by molar-refractivity contribution is 4.92. The van der Waals surface area contributed by atoms with E-state index in [1.807, 2.05) is 0 Å². The first-order valence-corrected chi connectivity index (χ1v) is 58.4. The molecule has 2 unspecified atom stereocenters. The average molecular weight is 2040 g/mol. The summed E-state index contributed by atoms with van der Waals surface area (Å²) in [6, 6.07) is 0. The molecule has 4 rings (SSSR count). The summed E-state index contributed by atoms with van der Waals surface area (Å²) in [5.41, 5.74) is -1.03. The Balaban J connectivity index is 1.11. The molecule has 3 aliphatic heterocycles. The Bertz CT molecular complexity index is 2630. The third kappa shape index (κ3) is 64.1. The fourth-order valence-corrected chi connectivity index (χ4v) is 20.6. The second kappa shape index (κ2) is 86.2. The van der Waals surface area contributed by atoms with Crippen molar-refractivity contribution < 1.29 is 137 Å². The molecule has 13 N–H and O–H groups in total. The topological polar surface area (TPSA) is 401 Å². The van der Waals surface area contributed by atoms with Crippen LogP contribution in [0.15, 0.2) is 0 Å². The summed E-state index contributed by atoms with van der Waals surface area (Å²) in [6.07, 6.45) is 45.8. The van der Waals surface area contributed by atoms with E-state index in [0.717, 1.165) is 86.6 Å². The van der Waals surface area contributed by atoms with Gasteiger partial charge in [0.1, 0.15) is 92.2 Å². The van der Waals surface area contributed by atoms with Gasteiger partial charge in [-0.05, 0) is 111 Å². The summed E-state index contributed by atoms with van der Waals surface area (Å²) >= 11 is 0. The summed E-state index contributed by atoms with van der Waals surface area (Å²) in [7, 11) is 0.